The Balaban J connectivity index is 2.81. The zero-order valence-electron chi connectivity index (χ0n) is 10.5. The molecule has 1 N–H and O–H groups in total. The first kappa shape index (κ1) is 13.0. The normalized spacial score (nSPS) is 13.5. The summed E-state index contributed by atoms with van der Waals surface area (Å²) in [6, 6.07) is 10.2. The Kier molecular flexibility index (Phi) is 4.31. The third-order valence-electron chi connectivity index (χ3n) is 3.33. The molecule has 0 radical (unpaired) electrons. The average molecular weight is 218 g/mol. The van der Waals surface area contributed by atoms with Gasteiger partial charge < -0.3 is 5.11 Å². The van der Waals surface area contributed by atoms with Gasteiger partial charge in [0.25, 0.3) is 0 Å². The van der Waals surface area contributed by atoms with Gasteiger partial charge in [0.05, 0.1) is 6.10 Å². The molecule has 0 heterocycles. The van der Waals surface area contributed by atoms with E-state index in [1.807, 2.05) is 18.2 Å². The molecule has 88 valence electrons. The molecular weight excluding hydrogens is 196 g/mol. The van der Waals surface area contributed by atoms with Crippen molar-refractivity contribution in [3.8, 4) is 0 Å². The first-order chi connectivity index (χ1) is 7.48. The number of hydrogen-bond donors (Lipinski definition) is 1. The van der Waals surface area contributed by atoms with Gasteiger partial charge >= 0.3 is 0 Å². The first-order valence-electron chi connectivity index (χ1n) is 5.88. The van der Waals surface area contributed by atoms with Crippen LogP contribution in [0.2, 0.25) is 0 Å². The van der Waals surface area contributed by atoms with E-state index in [0.29, 0.717) is 6.42 Å². The van der Waals surface area contributed by atoms with Crippen LogP contribution in [-0.2, 0) is 5.41 Å². The highest BCUT2D eigenvalue weighted by molar-refractivity contribution is 5.25. The third kappa shape index (κ3) is 2.96. The van der Waals surface area contributed by atoms with Crippen LogP contribution in [0, 0.1) is 0 Å². The molecule has 1 rings (SSSR count). The fraction of sp³-hybridized carbons (Fsp3) is 0.467. The fourth-order valence-corrected chi connectivity index (χ4v) is 1.73. The molecule has 0 aliphatic heterocycles. The van der Waals surface area contributed by atoms with Crippen molar-refractivity contribution >= 4 is 0 Å². The largest absolute Gasteiger partial charge is 0.392 e. The van der Waals surface area contributed by atoms with E-state index in [-0.39, 0.29) is 11.5 Å². The Morgan fingerprint density at radius 2 is 1.88 bits per heavy atom. The van der Waals surface area contributed by atoms with Gasteiger partial charge in [-0.3, -0.25) is 0 Å². The smallest absolute Gasteiger partial charge is 0.0668 e. The van der Waals surface area contributed by atoms with Gasteiger partial charge in [0, 0.05) is 5.41 Å². The van der Waals surface area contributed by atoms with Gasteiger partial charge in [0.1, 0.15) is 0 Å². The molecule has 1 aromatic rings. The lowest BCUT2D eigenvalue weighted by molar-refractivity contribution is 0.0994. The van der Waals surface area contributed by atoms with Crippen molar-refractivity contribution in [1.29, 1.82) is 0 Å². The minimum Gasteiger partial charge on any atom is -0.392 e. The van der Waals surface area contributed by atoms with Crippen LogP contribution >= 0.6 is 0 Å². The molecule has 0 fully saturated rings. The second-order valence-electron chi connectivity index (χ2n) is 4.91. The topological polar surface area (TPSA) is 20.2 Å². The second kappa shape index (κ2) is 5.31. The van der Waals surface area contributed by atoms with E-state index in [9.17, 15) is 5.11 Å². The summed E-state index contributed by atoms with van der Waals surface area (Å²) in [4.78, 5) is 0. The summed E-state index contributed by atoms with van der Waals surface area (Å²) < 4.78 is 0. The van der Waals surface area contributed by atoms with E-state index < -0.39 is 0 Å². The van der Waals surface area contributed by atoms with Gasteiger partial charge in [-0.15, -0.1) is 0 Å². The molecule has 1 aromatic carbocycles. The summed E-state index contributed by atoms with van der Waals surface area (Å²) in [6.45, 7) is 10.2. The minimum atomic E-state index is -0.373. The summed E-state index contributed by atoms with van der Waals surface area (Å²) in [5.74, 6) is 0. The monoisotopic (exact) mass is 218 g/mol. The van der Waals surface area contributed by atoms with Crippen LogP contribution in [0.25, 0.3) is 0 Å². The molecule has 1 nitrogen and oxygen atoms in total. The lowest BCUT2D eigenvalue weighted by Crippen LogP contribution is -2.33. The number of aliphatic hydroxyl groups excluding tert-OH is 1. The minimum absolute atomic E-state index is 0.223. The molecule has 0 saturated carbocycles. The van der Waals surface area contributed by atoms with Crippen molar-refractivity contribution in [3.63, 3.8) is 0 Å². The van der Waals surface area contributed by atoms with E-state index in [0.717, 1.165) is 12.0 Å². The molecule has 0 aliphatic rings. The average Bonchev–Trinajstić information content (AvgIpc) is 2.29. The maximum absolute atomic E-state index is 10.3. The van der Waals surface area contributed by atoms with Gasteiger partial charge in [0.15, 0.2) is 0 Å². The van der Waals surface area contributed by atoms with Crippen LogP contribution in [0.3, 0.4) is 0 Å². The Morgan fingerprint density at radius 1 is 1.31 bits per heavy atom. The summed E-state index contributed by atoms with van der Waals surface area (Å²) >= 11 is 0. The number of aliphatic hydroxyl groups is 1. The molecule has 0 saturated heterocycles. The van der Waals surface area contributed by atoms with Crippen LogP contribution in [0.5, 0.6) is 0 Å². The zero-order chi connectivity index (χ0) is 12.2. The van der Waals surface area contributed by atoms with Gasteiger partial charge in [0.2, 0.25) is 0 Å². The summed E-state index contributed by atoms with van der Waals surface area (Å²) in [5, 5.41) is 10.3. The highest BCUT2D eigenvalue weighted by atomic mass is 16.3. The van der Waals surface area contributed by atoms with E-state index in [1.165, 1.54) is 5.56 Å². The maximum atomic E-state index is 10.3. The lowest BCUT2D eigenvalue weighted by Gasteiger charge is -2.31. The molecule has 0 bridgehead atoms. The van der Waals surface area contributed by atoms with E-state index in [2.05, 4.69) is 39.5 Å². The Labute approximate surface area is 98.8 Å². The third-order valence-corrected chi connectivity index (χ3v) is 3.33. The van der Waals surface area contributed by atoms with Gasteiger partial charge in [-0.1, -0.05) is 63.3 Å². The fourth-order valence-electron chi connectivity index (χ4n) is 1.73. The molecular formula is C15H22O. The highest BCUT2D eigenvalue weighted by Gasteiger charge is 2.29. The number of rotatable bonds is 5. The van der Waals surface area contributed by atoms with Gasteiger partial charge in [-0.05, 0) is 18.4 Å². The SMILES string of the molecule is C=C(CC)CC(O)C(C)(C)c1ccccc1. The molecule has 1 heteroatoms. The molecule has 1 unspecified atom stereocenters. The number of benzene rings is 1. The van der Waals surface area contributed by atoms with E-state index in [4.69, 9.17) is 0 Å². The number of hydrogen-bond acceptors (Lipinski definition) is 1. The highest BCUT2D eigenvalue weighted by Crippen LogP contribution is 2.30. The van der Waals surface area contributed by atoms with Crippen molar-refractivity contribution in [2.45, 2.75) is 45.1 Å². The summed E-state index contributed by atoms with van der Waals surface area (Å²) in [6.07, 6.45) is 1.24. The Morgan fingerprint density at radius 3 is 2.38 bits per heavy atom. The summed E-state index contributed by atoms with van der Waals surface area (Å²) in [7, 11) is 0. The predicted octanol–water partition coefficient (Wildman–Crippen LogP) is 3.68. The second-order valence-corrected chi connectivity index (χ2v) is 4.91. The van der Waals surface area contributed by atoms with Gasteiger partial charge in [-0.2, -0.15) is 0 Å². The summed E-state index contributed by atoms with van der Waals surface area (Å²) in [5.41, 5.74) is 2.06. The van der Waals surface area contributed by atoms with E-state index >= 15 is 0 Å². The first-order valence-corrected chi connectivity index (χ1v) is 5.88. The lowest BCUT2D eigenvalue weighted by atomic mass is 9.77. The van der Waals surface area contributed by atoms with Crippen molar-refractivity contribution in [2.75, 3.05) is 0 Å². The van der Waals surface area contributed by atoms with Crippen LogP contribution in [-0.4, -0.2) is 11.2 Å². The van der Waals surface area contributed by atoms with E-state index in [1.54, 1.807) is 0 Å². The van der Waals surface area contributed by atoms with Crippen LogP contribution in [0.1, 0.15) is 39.2 Å². The maximum Gasteiger partial charge on any atom is 0.0668 e. The quantitative estimate of drug-likeness (QED) is 0.747. The van der Waals surface area contributed by atoms with Gasteiger partial charge in [-0.25, -0.2) is 0 Å². The van der Waals surface area contributed by atoms with Crippen LogP contribution < -0.4 is 0 Å². The standard InChI is InChI=1S/C15H22O/c1-5-12(2)11-14(16)15(3,4)13-9-7-6-8-10-13/h6-10,14,16H,2,5,11H2,1,3-4H3. The molecule has 0 spiro atoms. The molecule has 0 aromatic heterocycles. The van der Waals surface area contributed by atoms with Crippen LogP contribution in [0.4, 0.5) is 0 Å². The zero-order valence-corrected chi connectivity index (χ0v) is 10.5. The van der Waals surface area contributed by atoms with Crippen molar-refractivity contribution < 1.29 is 5.11 Å². The van der Waals surface area contributed by atoms with Crippen molar-refractivity contribution in [2.24, 2.45) is 0 Å². The van der Waals surface area contributed by atoms with Crippen molar-refractivity contribution in [3.05, 3.63) is 48.0 Å². The Bertz CT molecular complexity index is 338. The molecule has 1 atom stereocenters. The van der Waals surface area contributed by atoms with Crippen LogP contribution in [0.15, 0.2) is 42.5 Å². The Hall–Kier alpha value is -1.08. The molecule has 16 heavy (non-hydrogen) atoms. The predicted molar refractivity (Wildman–Crippen MR) is 69.5 cm³/mol. The molecule has 0 amide bonds. The molecule has 0 aliphatic carbocycles. The van der Waals surface area contributed by atoms with Crippen molar-refractivity contribution in [1.82, 2.24) is 0 Å².